The SMILES string of the molecule is CCC(C(=O)NC1CCCC1)N(Cc1cccc(OC)c1)C(=O)CN(c1cc(Cl)cc(Cl)c1)S(C)(=O)=O. The summed E-state index contributed by atoms with van der Waals surface area (Å²) in [6, 6.07) is 10.8. The Balaban J connectivity index is 1.95. The molecule has 1 aliphatic rings. The lowest BCUT2D eigenvalue weighted by molar-refractivity contribution is -0.140. The van der Waals surface area contributed by atoms with Crippen LogP contribution >= 0.6 is 23.2 Å². The van der Waals surface area contributed by atoms with Crippen molar-refractivity contribution < 1.29 is 22.7 Å². The van der Waals surface area contributed by atoms with E-state index in [0.717, 1.165) is 41.8 Å². The maximum Gasteiger partial charge on any atom is 0.244 e. The Morgan fingerprint density at radius 3 is 2.32 bits per heavy atom. The van der Waals surface area contributed by atoms with Crippen LogP contribution in [-0.2, 0) is 26.2 Å². The van der Waals surface area contributed by atoms with Crippen LogP contribution in [0.2, 0.25) is 10.0 Å². The third kappa shape index (κ3) is 7.99. The third-order valence-electron chi connectivity index (χ3n) is 6.39. The molecule has 1 atom stereocenters. The lowest BCUT2D eigenvalue weighted by Crippen LogP contribution is -2.53. The van der Waals surface area contributed by atoms with Crippen molar-refractivity contribution in [3.05, 3.63) is 58.1 Å². The molecule has 0 heterocycles. The minimum absolute atomic E-state index is 0.0800. The summed E-state index contributed by atoms with van der Waals surface area (Å²) in [5.41, 5.74) is 0.912. The van der Waals surface area contributed by atoms with Crippen LogP contribution in [0.5, 0.6) is 5.75 Å². The summed E-state index contributed by atoms with van der Waals surface area (Å²) in [7, 11) is -2.34. The minimum Gasteiger partial charge on any atom is -0.497 e. The minimum atomic E-state index is -3.89. The second-order valence-electron chi connectivity index (χ2n) is 9.18. The average Bonchev–Trinajstić information content (AvgIpc) is 3.34. The van der Waals surface area contributed by atoms with Crippen LogP contribution in [0.4, 0.5) is 5.69 Å². The van der Waals surface area contributed by atoms with Gasteiger partial charge in [0.2, 0.25) is 21.8 Å². The van der Waals surface area contributed by atoms with Crippen molar-refractivity contribution in [2.24, 2.45) is 0 Å². The number of nitrogens with zero attached hydrogens (tertiary/aromatic N) is 2. The highest BCUT2D eigenvalue weighted by molar-refractivity contribution is 7.92. The van der Waals surface area contributed by atoms with E-state index >= 15 is 0 Å². The Kier molecular flexibility index (Phi) is 10.1. The fourth-order valence-corrected chi connectivity index (χ4v) is 5.90. The standard InChI is InChI=1S/C26H33Cl2N3O5S/c1-4-24(26(33)29-21-9-5-6-10-21)30(16-18-8-7-11-23(12-18)36-2)25(32)17-31(37(3,34)35)22-14-19(27)13-20(28)15-22/h7-8,11-15,21,24H,4-6,9-10,16-17H2,1-3H3,(H,29,33). The average molecular weight is 571 g/mol. The number of amides is 2. The van der Waals surface area contributed by atoms with Crippen LogP contribution in [0, 0.1) is 0 Å². The normalized spacial score (nSPS) is 14.7. The molecule has 0 saturated heterocycles. The molecule has 3 rings (SSSR count). The molecule has 0 aromatic heterocycles. The second kappa shape index (κ2) is 12.8. The van der Waals surface area contributed by atoms with Gasteiger partial charge in [0.05, 0.1) is 19.1 Å². The molecule has 0 spiro atoms. The molecule has 8 nitrogen and oxygen atoms in total. The van der Waals surface area contributed by atoms with Gasteiger partial charge < -0.3 is 15.0 Å². The number of sulfonamides is 1. The fourth-order valence-electron chi connectivity index (χ4n) is 4.55. The van der Waals surface area contributed by atoms with Gasteiger partial charge in [-0.3, -0.25) is 13.9 Å². The molecule has 2 amide bonds. The molecular formula is C26H33Cl2N3O5S. The Bertz CT molecular complexity index is 1200. The summed E-state index contributed by atoms with van der Waals surface area (Å²) in [5.74, 6) is -0.167. The Labute approximate surface area is 228 Å². The molecule has 0 radical (unpaired) electrons. The van der Waals surface area contributed by atoms with Gasteiger partial charge in [0.1, 0.15) is 18.3 Å². The van der Waals surface area contributed by atoms with Gasteiger partial charge >= 0.3 is 0 Å². The number of hydrogen-bond acceptors (Lipinski definition) is 5. The van der Waals surface area contributed by atoms with E-state index in [9.17, 15) is 18.0 Å². The van der Waals surface area contributed by atoms with Gasteiger partial charge in [0.15, 0.2) is 0 Å². The molecule has 1 fully saturated rings. The maximum atomic E-state index is 13.8. The topological polar surface area (TPSA) is 96.0 Å². The van der Waals surface area contributed by atoms with Crippen molar-refractivity contribution in [2.45, 2.75) is 57.7 Å². The molecular weight excluding hydrogens is 537 g/mol. The molecule has 202 valence electrons. The van der Waals surface area contributed by atoms with Crippen LogP contribution in [0.3, 0.4) is 0 Å². The predicted octanol–water partition coefficient (Wildman–Crippen LogP) is 4.63. The summed E-state index contributed by atoms with van der Waals surface area (Å²) in [6.07, 6.45) is 5.29. The Hall–Kier alpha value is -2.49. The van der Waals surface area contributed by atoms with Crippen LogP contribution in [0.15, 0.2) is 42.5 Å². The number of benzene rings is 2. The lowest BCUT2D eigenvalue weighted by atomic mass is 10.1. The fraction of sp³-hybridized carbons (Fsp3) is 0.462. The maximum absolute atomic E-state index is 13.8. The van der Waals surface area contributed by atoms with E-state index in [4.69, 9.17) is 27.9 Å². The molecule has 1 unspecified atom stereocenters. The van der Waals surface area contributed by atoms with Gasteiger partial charge in [-0.2, -0.15) is 0 Å². The zero-order valence-corrected chi connectivity index (χ0v) is 23.6. The zero-order valence-electron chi connectivity index (χ0n) is 21.2. The number of carbonyl (C=O) groups excluding carboxylic acids is 2. The van der Waals surface area contributed by atoms with Crippen molar-refractivity contribution in [2.75, 3.05) is 24.2 Å². The summed E-state index contributed by atoms with van der Waals surface area (Å²) in [4.78, 5) is 28.6. The highest BCUT2D eigenvalue weighted by atomic mass is 35.5. The van der Waals surface area contributed by atoms with Gasteiger partial charge in [-0.05, 0) is 55.2 Å². The van der Waals surface area contributed by atoms with Gasteiger partial charge in [-0.15, -0.1) is 0 Å². The molecule has 1 aliphatic carbocycles. The summed E-state index contributed by atoms with van der Waals surface area (Å²) in [6.45, 7) is 1.41. The molecule has 0 aliphatic heterocycles. The van der Waals surface area contributed by atoms with E-state index in [1.807, 2.05) is 13.0 Å². The quantitative estimate of drug-likeness (QED) is 0.425. The molecule has 2 aromatic rings. The number of hydrogen-bond donors (Lipinski definition) is 1. The number of nitrogens with one attached hydrogen (secondary N) is 1. The summed E-state index contributed by atoms with van der Waals surface area (Å²) < 4.78 is 31.7. The number of rotatable bonds is 11. The smallest absolute Gasteiger partial charge is 0.244 e. The van der Waals surface area contributed by atoms with E-state index < -0.39 is 28.5 Å². The number of methoxy groups -OCH3 is 1. The predicted molar refractivity (Wildman–Crippen MR) is 147 cm³/mol. The number of ether oxygens (including phenoxy) is 1. The van der Waals surface area contributed by atoms with Gasteiger partial charge in [0, 0.05) is 22.6 Å². The summed E-state index contributed by atoms with van der Waals surface area (Å²) in [5, 5.41) is 3.55. The van der Waals surface area contributed by atoms with Crippen molar-refractivity contribution >= 4 is 50.7 Å². The van der Waals surface area contributed by atoms with E-state index in [0.29, 0.717) is 12.2 Å². The third-order valence-corrected chi connectivity index (χ3v) is 7.97. The van der Waals surface area contributed by atoms with E-state index in [1.54, 1.807) is 25.3 Å². The number of anilines is 1. The monoisotopic (exact) mass is 569 g/mol. The largest absolute Gasteiger partial charge is 0.497 e. The van der Waals surface area contributed by atoms with Crippen LogP contribution in [0.1, 0.15) is 44.6 Å². The lowest BCUT2D eigenvalue weighted by Gasteiger charge is -2.33. The first-order valence-corrected chi connectivity index (χ1v) is 14.8. The highest BCUT2D eigenvalue weighted by Gasteiger charge is 2.33. The van der Waals surface area contributed by atoms with Crippen LogP contribution < -0.4 is 14.4 Å². The summed E-state index contributed by atoms with van der Waals surface area (Å²) >= 11 is 12.2. The molecule has 37 heavy (non-hydrogen) atoms. The number of carbonyl (C=O) groups is 2. The number of halogens is 2. The second-order valence-corrected chi connectivity index (χ2v) is 12.0. The van der Waals surface area contributed by atoms with Gasteiger partial charge in [-0.1, -0.05) is 55.1 Å². The van der Waals surface area contributed by atoms with Gasteiger partial charge in [-0.25, -0.2) is 8.42 Å². The Morgan fingerprint density at radius 2 is 1.76 bits per heavy atom. The molecule has 1 N–H and O–H groups in total. The first kappa shape index (κ1) is 29.1. The van der Waals surface area contributed by atoms with Crippen LogP contribution in [-0.4, -0.2) is 57.1 Å². The van der Waals surface area contributed by atoms with Crippen LogP contribution in [0.25, 0.3) is 0 Å². The molecule has 2 aromatic carbocycles. The first-order valence-electron chi connectivity index (χ1n) is 12.2. The molecule has 1 saturated carbocycles. The van der Waals surface area contributed by atoms with E-state index in [1.165, 1.54) is 23.1 Å². The van der Waals surface area contributed by atoms with Crippen molar-refractivity contribution in [1.29, 1.82) is 0 Å². The van der Waals surface area contributed by atoms with Crippen molar-refractivity contribution in [1.82, 2.24) is 10.2 Å². The van der Waals surface area contributed by atoms with E-state index in [2.05, 4.69) is 5.32 Å². The molecule has 0 bridgehead atoms. The highest BCUT2D eigenvalue weighted by Crippen LogP contribution is 2.28. The van der Waals surface area contributed by atoms with Crippen molar-refractivity contribution in [3.63, 3.8) is 0 Å². The van der Waals surface area contributed by atoms with E-state index in [-0.39, 0.29) is 34.2 Å². The Morgan fingerprint density at radius 1 is 1.11 bits per heavy atom. The van der Waals surface area contributed by atoms with Crippen molar-refractivity contribution in [3.8, 4) is 5.75 Å². The van der Waals surface area contributed by atoms with Gasteiger partial charge in [0.25, 0.3) is 0 Å². The first-order chi connectivity index (χ1) is 17.5. The molecule has 11 heteroatoms. The zero-order chi connectivity index (χ0) is 27.2.